The molecule has 7 heteroatoms. The van der Waals surface area contributed by atoms with E-state index in [2.05, 4.69) is 22.1 Å². The second-order valence-electron chi connectivity index (χ2n) is 5.95. The summed E-state index contributed by atoms with van der Waals surface area (Å²) in [6, 6.07) is 7.29. The van der Waals surface area contributed by atoms with Gasteiger partial charge < -0.3 is 9.15 Å². The normalized spacial score (nSPS) is 14.5. The number of carbonyl (C=O) groups excluding carboxylic acids is 1. The molecule has 3 aromatic rings. The van der Waals surface area contributed by atoms with Gasteiger partial charge in [-0.05, 0) is 18.7 Å². The number of amides is 1. The third-order valence-electron chi connectivity index (χ3n) is 4.43. The molecule has 1 amide bonds. The minimum atomic E-state index is -0.295. The number of hydrogen-bond donors (Lipinski definition) is 1. The van der Waals surface area contributed by atoms with E-state index in [0.29, 0.717) is 16.5 Å². The van der Waals surface area contributed by atoms with Crippen molar-refractivity contribution in [2.75, 3.05) is 25.5 Å². The molecule has 1 aliphatic rings. The molecule has 1 aromatic carbocycles. The first-order valence-corrected chi connectivity index (χ1v) is 9.08. The Balaban J connectivity index is 1.56. The van der Waals surface area contributed by atoms with Crippen molar-refractivity contribution < 1.29 is 13.9 Å². The first-order valence-electron chi connectivity index (χ1n) is 8.26. The van der Waals surface area contributed by atoms with E-state index in [0.717, 1.165) is 37.1 Å². The van der Waals surface area contributed by atoms with Crippen LogP contribution in [0.5, 0.6) is 5.75 Å². The molecule has 25 heavy (non-hydrogen) atoms. The number of rotatable bonds is 4. The van der Waals surface area contributed by atoms with Crippen molar-refractivity contribution in [3.63, 3.8) is 0 Å². The fraction of sp³-hybridized carbons (Fsp3) is 0.333. The van der Waals surface area contributed by atoms with E-state index in [-0.39, 0.29) is 11.7 Å². The zero-order chi connectivity index (χ0) is 17.4. The molecular formula is C18H19N3O3S. The Labute approximate surface area is 149 Å². The third-order valence-corrected chi connectivity index (χ3v) is 5.43. The highest BCUT2D eigenvalue weighted by atomic mass is 32.1. The molecular weight excluding hydrogens is 338 g/mol. The zero-order valence-electron chi connectivity index (χ0n) is 14.2. The lowest BCUT2D eigenvalue weighted by atomic mass is 10.2. The van der Waals surface area contributed by atoms with E-state index in [9.17, 15) is 4.79 Å². The molecule has 6 nitrogen and oxygen atoms in total. The first kappa shape index (κ1) is 16.1. The predicted molar refractivity (Wildman–Crippen MR) is 97.5 cm³/mol. The average molecular weight is 357 g/mol. The molecule has 1 N–H and O–H groups in total. The highest BCUT2D eigenvalue weighted by molar-refractivity contribution is 7.15. The topological polar surface area (TPSA) is 67.6 Å². The van der Waals surface area contributed by atoms with Gasteiger partial charge in [0, 0.05) is 29.8 Å². The number of nitrogens with zero attached hydrogens (tertiary/aromatic N) is 2. The maximum absolute atomic E-state index is 12.5. The number of para-hydroxylation sites is 1. The summed E-state index contributed by atoms with van der Waals surface area (Å²) in [6.45, 7) is 5.11. The van der Waals surface area contributed by atoms with Crippen molar-refractivity contribution in [1.82, 2.24) is 9.88 Å². The lowest BCUT2D eigenvalue weighted by molar-refractivity contribution is 0.0998. The van der Waals surface area contributed by atoms with Crippen molar-refractivity contribution >= 4 is 33.3 Å². The van der Waals surface area contributed by atoms with Crippen LogP contribution in [0.1, 0.15) is 28.0 Å². The molecule has 0 spiro atoms. The van der Waals surface area contributed by atoms with Gasteiger partial charge in [0.15, 0.2) is 22.2 Å². The number of aromatic nitrogens is 1. The molecule has 130 valence electrons. The molecule has 0 saturated heterocycles. The van der Waals surface area contributed by atoms with Gasteiger partial charge >= 0.3 is 0 Å². The molecule has 0 fully saturated rings. The number of nitrogens with one attached hydrogen (secondary N) is 1. The lowest BCUT2D eigenvalue weighted by Gasteiger charge is -2.23. The van der Waals surface area contributed by atoms with Crippen LogP contribution in [0.4, 0.5) is 5.13 Å². The van der Waals surface area contributed by atoms with Crippen LogP contribution in [0, 0.1) is 0 Å². The number of furan rings is 1. The van der Waals surface area contributed by atoms with Crippen molar-refractivity contribution in [3.8, 4) is 5.75 Å². The Morgan fingerprint density at radius 2 is 2.36 bits per heavy atom. The Morgan fingerprint density at radius 3 is 3.16 bits per heavy atom. The number of fused-ring (bicyclic) bond motifs is 2. The van der Waals surface area contributed by atoms with Gasteiger partial charge in [0.25, 0.3) is 5.91 Å². The van der Waals surface area contributed by atoms with Crippen LogP contribution in [-0.4, -0.2) is 36.0 Å². The minimum Gasteiger partial charge on any atom is -0.493 e. The molecule has 0 saturated carbocycles. The Hall–Kier alpha value is -2.38. The summed E-state index contributed by atoms with van der Waals surface area (Å²) in [5.41, 5.74) is 1.67. The minimum absolute atomic E-state index is 0.253. The quantitative estimate of drug-likeness (QED) is 0.774. The summed E-state index contributed by atoms with van der Waals surface area (Å²) >= 11 is 1.54. The Bertz CT molecular complexity index is 931. The van der Waals surface area contributed by atoms with Crippen molar-refractivity contribution in [1.29, 1.82) is 0 Å². The van der Waals surface area contributed by atoms with Crippen molar-refractivity contribution in [2.45, 2.75) is 19.9 Å². The van der Waals surface area contributed by atoms with Crippen molar-refractivity contribution in [3.05, 3.63) is 40.6 Å². The van der Waals surface area contributed by atoms with Gasteiger partial charge in [0.05, 0.1) is 12.8 Å². The molecule has 4 rings (SSSR count). The van der Waals surface area contributed by atoms with Crippen LogP contribution >= 0.6 is 11.3 Å². The number of carbonyl (C=O) groups is 1. The molecule has 1 aliphatic heterocycles. The summed E-state index contributed by atoms with van der Waals surface area (Å²) in [5, 5.41) is 4.32. The SMILES string of the molecule is CCN1CCc2nc(NC(=O)c3cc4cccc(OC)c4o3)sc2C1. The smallest absolute Gasteiger partial charge is 0.293 e. The van der Waals surface area contributed by atoms with Crippen LogP contribution in [0.2, 0.25) is 0 Å². The fourth-order valence-electron chi connectivity index (χ4n) is 3.04. The maximum Gasteiger partial charge on any atom is 0.293 e. The van der Waals surface area contributed by atoms with E-state index in [4.69, 9.17) is 9.15 Å². The third kappa shape index (κ3) is 3.01. The maximum atomic E-state index is 12.5. The number of likely N-dealkylation sites (N-methyl/N-ethyl adjacent to an activating group) is 1. The van der Waals surface area contributed by atoms with Gasteiger partial charge in [-0.3, -0.25) is 15.0 Å². The van der Waals surface area contributed by atoms with Gasteiger partial charge in [-0.15, -0.1) is 11.3 Å². The van der Waals surface area contributed by atoms with E-state index < -0.39 is 0 Å². The number of methoxy groups -OCH3 is 1. The van der Waals surface area contributed by atoms with Gasteiger partial charge in [-0.2, -0.15) is 0 Å². The summed E-state index contributed by atoms with van der Waals surface area (Å²) in [6.07, 6.45) is 0.928. The van der Waals surface area contributed by atoms with E-state index in [1.165, 1.54) is 4.88 Å². The van der Waals surface area contributed by atoms with Gasteiger partial charge in [0.1, 0.15) is 0 Å². The predicted octanol–water partition coefficient (Wildman–Crippen LogP) is 3.53. The van der Waals surface area contributed by atoms with Gasteiger partial charge in [-0.25, -0.2) is 4.98 Å². The van der Waals surface area contributed by atoms with Gasteiger partial charge in [-0.1, -0.05) is 19.1 Å². The van der Waals surface area contributed by atoms with E-state index in [1.54, 1.807) is 24.5 Å². The van der Waals surface area contributed by atoms with Crippen LogP contribution < -0.4 is 10.1 Å². The molecule has 0 aliphatic carbocycles. The molecule has 2 aromatic heterocycles. The Kier molecular flexibility index (Phi) is 4.19. The molecule has 0 bridgehead atoms. The van der Waals surface area contributed by atoms with Crippen LogP contribution in [-0.2, 0) is 13.0 Å². The molecule has 3 heterocycles. The fourth-order valence-corrected chi connectivity index (χ4v) is 4.09. The van der Waals surface area contributed by atoms with Crippen LogP contribution in [0.15, 0.2) is 28.7 Å². The molecule has 0 atom stereocenters. The van der Waals surface area contributed by atoms with Crippen molar-refractivity contribution in [2.24, 2.45) is 0 Å². The number of hydrogen-bond acceptors (Lipinski definition) is 6. The second-order valence-corrected chi connectivity index (χ2v) is 7.03. The largest absolute Gasteiger partial charge is 0.493 e. The van der Waals surface area contributed by atoms with Crippen LogP contribution in [0.3, 0.4) is 0 Å². The first-order chi connectivity index (χ1) is 12.2. The van der Waals surface area contributed by atoms with E-state index in [1.807, 2.05) is 18.2 Å². The summed E-state index contributed by atoms with van der Waals surface area (Å²) in [5.74, 6) is 0.570. The van der Waals surface area contributed by atoms with E-state index >= 15 is 0 Å². The van der Waals surface area contributed by atoms with Gasteiger partial charge in [0.2, 0.25) is 0 Å². The standard InChI is InChI=1S/C18H19N3O3S/c1-3-21-8-7-12-15(10-21)25-18(19-12)20-17(22)14-9-11-5-4-6-13(23-2)16(11)24-14/h4-6,9H,3,7-8,10H2,1-2H3,(H,19,20,22). The highest BCUT2D eigenvalue weighted by Crippen LogP contribution is 2.31. The highest BCUT2D eigenvalue weighted by Gasteiger charge is 2.21. The zero-order valence-corrected chi connectivity index (χ0v) is 15.0. The number of thiazole rings is 1. The average Bonchev–Trinajstić information content (AvgIpc) is 3.23. The second kappa shape index (κ2) is 6.50. The Morgan fingerprint density at radius 1 is 1.48 bits per heavy atom. The number of ether oxygens (including phenoxy) is 1. The lowest BCUT2D eigenvalue weighted by Crippen LogP contribution is -2.29. The summed E-state index contributed by atoms with van der Waals surface area (Å²) in [7, 11) is 1.58. The number of anilines is 1. The summed E-state index contributed by atoms with van der Waals surface area (Å²) < 4.78 is 11.0. The van der Waals surface area contributed by atoms with Crippen LogP contribution in [0.25, 0.3) is 11.0 Å². The molecule has 0 radical (unpaired) electrons. The molecule has 0 unspecified atom stereocenters. The summed E-state index contributed by atoms with van der Waals surface area (Å²) in [4.78, 5) is 20.7. The number of benzene rings is 1. The monoisotopic (exact) mass is 357 g/mol.